The molecule has 0 heterocycles. The van der Waals surface area contributed by atoms with Gasteiger partial charge in [0, 0.05) is 37.2 Å². The van der Waals surface area contributed by atoms with Crippen LogP contribution in [0.3, 0.4) is 0 Å². The van der Waals surface area contributed by atoms with Crippen molar-refractivity contribution in [2.45, 2.75) is 25.3 Å². The zero-order valence-electron chi connectivity index (χ0n) is 19.2. The summed E-state index contributed by atoms with van der Waals surface area (Å²) in [6.45, 7) is 0.559. The van der Waals surface area contributed by atoms with Crippen molar-refractivity contribution in [3.8, 4) is 0 Å². The van der Waals surface area contributed by atoms with E-state index in [0.717, 1.165) is 24.3 Å². The predicted octanol–water partition coefficient (Wildman–Crippen LogP) is 4.85. The Kier molecular flexibility index (Phi) is 8.04. The number of rotatable bonds is 6. The molecule has 2 aromatic rings. The van der Waals surface area contributed by atoms with E-state index >= 15 is 0 Å². The van der Waals surface area contributed by atoms with E-state index in [1.165, 1.54) is 24.3 Å². The number of hydrogen-bond donors (Lipinski definition) is 0. The Morgan fingerprint density at radius 1 is 0.853 bits per heavy atom. The van der Waals surface area contributed by atoms with Gasteiger partial charge in [-0.25, -0.2) is 17.6 Å². The summed E-state index contributed by atoms with van der Waals surface area (Å²) in [6, 6.07) is 6.26. The molecule has 0 saturated heterocycles. The predicted molar refractivity (Wildman–Crippen MR) is 123 cm³/mol. The molecule has 0 bridgehead atoms. The number of Topliss-reactive ketones (excluding diaryl/α,β-unsaturated/α-hetero) is 1. The maximum absolute atomic E-state index is 13.7. The highest BCUT2D eigenvalue weighted by atomic mass is 19.2. The van der Waals surface area contributed by atoms with Gasteiger partial charge in [0.25, 0.3) is 0 Å². The molecule has 0 unspecified atom stereocenters. The van der Waals surface area contributed by atoms with Gasteiger partial charge in [0.1, 0.15) is 0 Å². The Bertz CT molecular complexity index is 1080. The molecule has 0 aromatic heterocycles. The van der Waals surface area contributed by atoms with E-state index in [9.17, 15) is 27.2 Å². The van der Waals surface area contributed by atoms with Gasteiger partial charge in [0.15, 0.2) is 29.1 Å². The fraction of sp³-hybridized carbons (Fsp3) is 0.308. The molecule has 4 nitrogen and oxygen atoms in total. The lowest BCUT2D eigenvalue weighted by molar-refractivity contribution is -0.132. The van der Waals surface area contributed by atoms with Gasteiger partial charge in [-0.2, -0.15) is 0 Å². The van der Waals surface area contributed by atoms with Gasteiger partial charge in [0.2, 0.25) is 5.91 Å². The molecule has 2 aromatic carbocycles. The first-order chi connectivity index (χ1) is 16.0. The topological polar surface area (TPSA) is 40.6 Å². The van der Waals surface area contributed by atoms with Crippen LogP contribution >= 0.6 is 0 Å². The minimum atomic E-state index is -1.04. The van der Waals surface area contributed by atoms with Crippen molar-refractivity contribution in [2.75, 3.05) is 27.7 Å². The second-order valence-electron chi connectivity index (χ2n) is 8.64. The summed E-state index contributed by atoms with van der Waals surface area (Å²) >= 11 is 0. The first-order valence-corrected chi connectivity index (χ1v) is 10.8. The van der Waals surface area contributed by atoms with Crippen LogP contribution in [-0.4, -0.2) is 55.2 Å². The molecule has 1 amide bonds. The van der Waals surface area contributed by atoms with Crippen LogP contribution in [0.1, 0.15) is 30.4 Å². The van der Waals surface area contributed by atoms with Crippen LogP contribution < -0.4 is 0 Å². The number of carbonyl (C=O) groups excluding carboxylic acids is 2. The first kappa shape index (κ1) is 25.4. The second-order valence-corrected chi connectivity index (χ2v) is 8.64. The number of benzene rings is 2. The van der Waals surface area contributed by atoms with Crippen molar-refractivity contribution in [3.63, 3.8) is 0 Å². The maximum atomic E-state index is 13.7. The summed E-state index contributed by atoms with van der Waals surface area (Å²) in [6.07, 6.45) is 3.66. The molecule has 1 saturated carbocycles. The molecular formula is C26H26F4N2O2. The molecule has 0 spiro atoms. The number of hydrogen-bond acceptors (Lipinski definition) is 3. The van der Waals surface area contributed by atoms with Crippen molar-refractivity contribution >= 4 is 23.8 Å². The van der Waals surface area contributed by atoms with E-state index in [4.69, 9.17) is 0 Å². The highest BCUT2D eigenvalue weighted by Gasteiger charge is 2.32. The van der Waals surface area contributed by atoms with Crippen molar-refractivity contribution in [1.82, 2.24) is 9.80 Å². The molecule has 180 valence electrons. The number of ketones is 1. The van der Waals surface area contributed by atoms with Gasteiger partial charge in [-0.15, -0.1) is 0 Å². The normalized spacial score (nSPS) is 18.7. The summed E-state index contributed by atoms with van der Waals surface area (Å²) in [4.78, 5) is 29.4. The Morgan fingerprint density at radius 3 is 1.74 bits per heavy atom. The first-order valence-electron chi connectivity index (χ1n) is 10.8. The fourth-order valence-corrected chi connectivity index (χ4v) is 3.80. The fourth-order valence-electron chi connectivity index (χ4n) is 3.80. The molecule has 1 aliphatic rings. The lowest BCUT2D eigenvalue weighted by Crippen LogP contribution is -2.41. The van der Waals surface area contributed by atoms with Crippen LogP contribution in [0.2, 0.25) is 0 Å². The average Bonchev–Trinajstić information content (AvgIpc) is 2.79. The quantitative estimate of drug-likeness (QED) is 0.444. The van der Waals surface area contributed by atoms with E-state index in [0.29, 0.717) is 35.2 Å². The minimum Gasteiger partial charge on any atom is -0.342 e. The Hall–Kier alpha value is -3.26. The molecule has 0 radical (unpaired) electrons. The highest BCUT2D eigenvalue weighted by Crippen LogP contribution is 2.31. The van der Waals surface area contributed by atoms with Crippen molar-refractivity contribution in [1.29, 1.82) is 0 Å². The Morgan fingerprint density at radius 2 is 1.32 bits per heavy atom. The highest BCUT2D eigenvalue weighted by molar-refractivity contribution is 6.14. The number of amides is 1. The summed E-state index contributed by atoms with van der Waals surface area (Å²) in [5.74, 6) is -4.53. The smallest absolute Gasteiger partial charge is 0.223 e. The van der Waals surface area contributed by atoms with E-state index in [1.807, 2.05) is 19.0 Å². The summed E-state index contributed by atoms with van der Waals surface area (Å²) in [7, 11) is 5.37. The van der Waals surface area contributed by atoms with Gasteiger partial charge in [-0.3, -0.25) is 9.59 Å². The lowest BCUT2D eigenvalue weighted by atomic mass is 9.83. The summed E-state index contributed by atoms with van der Waals surface area (Å²) in [5, 5.41) is 0. The molecule has 1 aliphatic carbocycles. The van der Waals surface area contributed by atoms with Gasteiger partial charge in [0.05, 0.1) is 0 Å². The zero-order chi connectivity index (χ0) is 25.0. The number of nitrogens with zero attached hydrogens (tertiary/aromatic N) is 2. The molecule has 34 heavy (non-hydrogen) atoms. The molecule has 8 heteroatoms. The zero-order valence-corrected chi connectivity index (χ0v) is 19.2. The molecule has 0 aliphatic heterocycles. The Labute approximate surface area is 196 Å². The van der Waals surface area contributed by atoms with Crippen molar-refractivity contribution in [2.24, 2.45) is 0 Å². The monoisotopic (exact) mass is 474 g/mol. The van der Waals surface area contributed by atoms with Gasteiger partial charge in [-0.1, -0.05) is 12.1 Å². The van der Waals surface area contributed by atoms with E-state index < -0.39 is 23.3 Å². The average molecular weight is 474 g/mol. The Balaban J connectivity index is 1.97. The van der Waals surface area contributed by atoms with Crippen LogP contribution in [0.15, 0.2) is 47.5 Å². The number of carbonyl (C=O) groups is 2. The standard InChI is InChI=1S/C26H26F4N2O2/c1-31(2)9-8-25(33)32(3)20-14-18(10-16-4-6-21(27)23(29)12-16)26(34)19(15-20)11-17-5-7-22(28)24(30)13-17/h4-7,10-13,20H,8-9,14-15H2,1-3H3. The maximum Gasteiger partial charge on any atom is 0.223 e. The van der Waals surface area contributed by atoms with Crippen LogP contribution in [0.5, 0.6) is 0 Å². The molecule has 1 fully saturated rings. The van der Waals surface area contributed by atoms with Gasteiger partial charge < -0.3 is 9.80 Å². The van der Waals surface area contributed by atoms with Crippen LogP contribution in [0.4, 0.5) is 17.6 Å². The second kappa shape index (κ2) is 10.8. The molecule has 0 N–H and O–H groups in total. The van der Waals surface area contributed by atoms with Crippen LogP contribution in [0, 0.1) is 23.3 Å². The summed E-state index contributed by atoms with van der Waals surface area (Å²) in [5.41, 5.74) is 1.22. The van der Waals surface area contributed by atoms with Crippen LogP contribution in [-0.2, 0) is 9.59 Å². The third-order valence-corrected chi connectivity index (χ3v) is 5.78. The lowest BCUT2D eigenvalue weighted by Gasteiger charge is -2.33. The minimum absolute atomic E-state index is 0.104. The molecular weight excluding hydrogens is 448 g/mol. The SMILES string of the molecule is CN(C)CCC(=O)N(C)C1CC(=Cc2ccc(F)c(F)c2)C(=O)C(=Cc2ccc(F)c(F)c2)C1. The number of halogens is 4. The summed E-state index contributed by atoms with van der Waals surface area (Å²) < 4.78 is 54.1. The third kappa shape index (κ3) is 6.20. The van der Waals surface area contributed by atoms with E-state index in [2.05, 4.69) is 0 Å². The largest absolute Gasteiger partial charge is 0.342 e. The third-order valence-electron chi connectivity index (χ3n) is 5.78. The van der Waals surface area contributed by atoms with Crippen LogP contribution in [0.25, 0.3) is 12.2 Å². The van der Waals surface area contributed by atoms with Crippen molar-refractivity contribution < 1.29 is 27.2 Å². The molecule has 3 rings (SSSR count). The van der Waals surface area contributed by atoms with Gasteiger partial charge in [-0.05, 0) is 74.5 Å². The van der Waals surface area contributed by atoms with Gasteiger partial charge >= 0.3 is 0 Å². The van der Waals surface area contributed by atoms with E-state index in [1.54, 1.807) is 11.9 Å². The van der Waals surface area contributed by atoms with Crippen molar-refractivity contribution in [3.05, 3.63) is 81.9 Å². The molecule has 0 atom stereocenters. The van der Waals surface area contributed by atoms with E-state index in [-0.39, 0.29) is 30.6 Å².